The molecule has 7 rings (SSSR count). The Morgan fingerprint density at radius 2 is 1.63 bits per heavy atom. The first-order valence-electron chi connectivity index (χ1n) is 14.6. The summed E-state index contributed by atoms with van der Waals surface area (Å²) in [6, 6.07) is 13.6. The monoisotopic (exact) mass is 774 g/mol. The van der Waals surface area contributed by atoms with Crippen molar-refractivity contribution in [2.75, 3.05) is 16.9 Å². The molecule has 4 aliphatic rings. The van der Waals surface area contributed by atoms with Crippen LogP contribution in [0.5, 0.6) is 11.5 Å². The Labute approximate surface area is 287 Å². The van der Waals surface area contributed by atoms with Gasteiger partial charge < -0.3 is 9.84 Å². The van der Waals surface area contributed by atoms with E-state index in [-0.39, 0.29) is 46.9 Å². The molecule has 0 bridgehead atoms. The summed E-state index contributed by atoms with van der Waals surface area (Å²) in [4.78, 5) is 59.1. The highest BCUT2D eigenvalue weighted by atomic mass is 127. The Balaban J connectivity index is 1.39. The summed E-state index contributed by atoms with van der Waals surface area (Å²) in [5, 5.41) is 10.9. The van der Waals surface area contributed by atoms with E-state index >= 15 is 0 Å². The van der Waals surface area contributed by atoms with Crippen molar-refractivity contribution in [3.63, 3.8) is 0 Å². The SMILES string of the molecule is COc1cc([C@H]2C3=CC[C@@H]4C(=O)N(c5ccc(Cl)cc5)C(=O)[C@@H]4[C@@H]3C[C@H]3C(=O)N(c4ccc(F)c(Cl)c4)C(=O)[C@@]23C)cc(I)c1O. The van der Waals surface area contributed by atoms with Gasteiger partial charge in [-0.2, -0.15) is 0 Å². The summed E-state index contributed by atoms with van der Waals surface area (Å²) in [7, 11) is 1.42. The second-order valence-electron chi connectivity index (χ2n) is 12.3. The molecule has 2 saturated heterocycles. The quantitative estimate of drug-likeness (QED) is 0.176. The van der Waals surface area contributed by atoms with Crippen LogP contribution in [0.3, 0.4) is 0 Å². The Kier molecular flexibility index (Phi) is 7.48. The number of methoxy groups -OCH3 is 1. The molecule has 12 heteroatoms. The molecule has 46 heavy (non-hydrogen) atoms. The average Bonchev–Trinajstić information content (AvgIpc) is 3.40. The number of anilines is 2. The molecule has 6 atom stereocenters. The zero-order valence-corrected chi connectivity index (χ0v) is 28.1. The fourth-order valence-corrected chi connectivity index (χ4v) is 8.95. The van der Waals surface area contributed by atoms with Gasteiger partial charge in [-0.15, -0.1) is 0 Å². The Morgan fingerprint density at radius 3 is 2.30 bits per heavy atom. The maximum Gasteiger partial charge on any atom is 0.241 e. The van der Waals surface area contributed by atoms with Crippen molar-refractivity contribution in [1.82, 2.24) is 0 Å². The number of hydrogen-bond acceptors (Lipinski definition) is 6. The van der Waals surface area contributed by atoms with Crippen LogP contribution < -0.4 is 14.5 Å². The van der Waals surface area contributed by atoms with E-state index in [1.165, 1.54) is 24.1 Å². The third-order valence-corrected chi connectivity index (χ3v) is 11.5. The molecule has 236 valence electrons. The zero-order valence-electron chi connectivity index (χ0n) is 24.5. The van der Waals surface area contributed by atoms with Crippen LogP contribution >= 0.6 is 45.8 Å². The number of benzene rings is 3. The van der Waals surface area contributed by atoms with Crippen LogP contribution in [-0.4, -0.2) is 35.8 Å². The largest absolute Gasteiger partial charge is 0.504 e. The van der Waals surface area contributed by atoms with Crippen LogP contribution in [0.2, 0.25) is 10.0 Å². The summed E-state index contributed by atoms with van der Waals surface area (Å²) in [6.45, 7) is 1.74. The second kappa shape index (κ2) is 11.1. The van der Waals surface area contributed by atoms with Crippen LogP contribution in [-0.2, 0) is 19.2 Å². The Bertz CT molecular complexity index is 1900. The second-order valence-corrected chi connectivity index (χ2v) is 14.3. The van der Waals surface area contributed by atoms with E-state index in [4.69, 9.17) is 27.9 Å². The van der Waals surface area contributed by atoms with Gasteiger partial charge in [0.1, 0.15) is 5.82 Å². The molecule has 1 N–H and O–H groups in total. The molecule has 3 fully saturated rings. The van der Waals surface area contributed by atoms with E-state index in [1.807, 2.05) is 28.7 Å². The highest BCUT2D eigenvalue weighted by molar-refractivity contribution is 14.1. The number of amides is 4. The van der Waals surface area contributed by atoms with E-state index in [0.29, 0.717) is 19.8 Å². The molecule has 2 aliphatic heterocycles. The molecule has 2 heterocycles. The van der Waals surface area contributed by atoms with Gasteiger partial charge >= 0.3 is 0 Å². The van der Waals surface area contributed by atoms with Gasteiger partial charge in [0, 0.05) is 10.9 Å². The van der Waals surface area contributed by atoms with Crippen molar-refractivity contribution in [2.24, 2.45) is 29.1 Å². The maximum absolute atomic E-state index is 14.6. The first kappa shape index (κ1) is 31.1. The molecule has 0 aromatic heterocycles. The molecule has 4 amide bonds. The van der Waals surface area contributed by atoms with E-state index in [2.05, 4.69) is 0 Å². The Hall–Kier alpha value is -3.48. The summed E-state index contributed by atoms with van der Waals surface area (Å²) >= 11 is 14.1. The zero-order chi connectivity index (χ0) is 32.8. The number of imide groups is 2. The number of carbonyl (C=O) groups is 4. The highest BCUT2D eigenvalue weighted by Crippen LogP contribution is 2.64. The van der Waals surface area contributed by atoms with Crippen molar-refractivity contribution in [1.29, 1.82) is 0 Å². The first-order valence-corrected chi connectivity index (χ1v) is 16.4. The molecule has 3 aromatic carbocycles. The van der Waals surface area contributed by atoms with Crippen LogP contribution in [0.1, 0.15) is 31.2 Å². The molecule has 3 aromatic rings. The number of fused-ring (bicyclic) bond motifs is 4. The number of aromatic hydroxyl groups is 1. The van der Waals surface area contributed by atoms with Crippen molar-refractivity contribution in [3.8, 4) is 11.5 Å². The van der Waals surface area contributed by atoms with E-state index in [0.717, 1.165) is 16.5 Å². The highest BCUT2D eigenvalue weighted by Gasteiger charge is 2.67. The summed E-state index contributed by atoms with van der Waals surface area (Å²) in [6.07, 6.45) is 2.36. The van der Waals surface area contributed by atoms with Gasteiger partial charge in [0.15, 0.2) is 11.5 Å². The summed E-state index contributed by atoms with van der Waals surface area (Å²) in [5.74, 6) is -5.78. The number of phenolic OH excluding ortho intramolecular Hbond substituents is 1. The van der Waals surface area contributed by atoms with Crippen molar-refractivity contribution in [2.45, 2.75) is 25.7 Å². The number of hydrogen-bond donors (Lipinski definition) is 1. The molecule has 0 unspecified atom stereocenters. The molecule has 0 radical (unpaired) electrons. The number of allylic oxidation sites excluding steroid dienone is 2. The predicted molar refractivity (Wildman–Crippen MR) is 177 cm³/mol. The standard InChI is InChI=1S/C34H26Cl2FIN2O6/c1-34-22(31(43)40(33(34)45)18-7-10-24(37)23(36)13-18)14-21-19(28(34)15-11-25(38)29(41)26(12-15)46-2)8-9-20-27(21)32(44)39(30(20)42)17-5-3-16(35)4-6-17/h3-8,10-13,20-22,27-28,41H,9,14H2,1-2H3/t20-,21+,22-,27-,28-,34+/m0/s1. The third kappa shape index (κ3) is 4.36. The van der Waals surface area contributed by atoms with Gasteiger partial charge in [0.25, 0.3) is 0 Å². The van der Waals surface area contributed by atoms with Crippen molar-refractivity contribution < 1.29 is 33.4 Å². The van der Waals surface area contributed by atoms with Gasteiger partial charge in [-0.05, 0) is 108 Å². The average molecular weight is 775 g/mol. The molecular weight excluding hydrogens is 749 g/mol. The molecular formula is C34H26Cl2FIN2O6. The maximum atomic E-state index is 14.6. The van der Waals surface area contributed by atoms with E-state index < -0.39 is 52.6 Å². The van der Waals surface area contributed by atoms with Crippen LogP contribution in [0.25, 0.3) is 0 Å². The lowest BCUT2D eigenvalue weighted by Gasteiger charge is -2.49. The minimum Gasteiger partial charge on any atom is -0.504 e. The van der Waals surface area contributed by atoms with Gasteiger partial charge in [-0.1, -0.05) is 34.9 Å². The molecule has 1 saturated carbocycles. The number of halogens is 4. The number of phenols is 1. The van der Waals surface area contributed by atoms with E-state index in [1.54, 1.807) is 43.3 Å². The topological polar surface area (TPSA) is 104 Å². The molecule has 2 aliphatic carbocycles. The fourth-order valence-electron chi connectivity index (χ4n) is 8.03. The van der Waals surface area contributed by atoms with Gasteiger partial charge in [0.2, 0.25) is 23.6 Å². The summed E-state index contributed by atoms with van der Waals surface area (Å²) < 4.78 is 20.1. The number of carbonyl (C=O) groups excluding carboxylic acids is 4. The Morgan fingerprint density at radius 1 is 0.935 bits per heavy atom. The minimum atomic E-state index is -1.33. The van der Waals surface area contributed by atoms with Crippen LogP contribution in [0, 0.1) is 38.5 Å². The summed E-state index contributed by atoms with van der Waals surface area (Å²) in [5.41, 5.74) is 0.622. The number of rotatable bonds is 4. The van der Waals surface area contributed by atoms with Crippen LogP contribution in [0.4, 0.5) is 15.8 Å². The van der Waals surface area contributed by atoms with Crippen molar-refractivity contribution >= 4 is 80.8 Å². The normalized spacial score (nSPS) is 28.7. The number of nitrogens with zero attached hydrogens (tertiary/aromatic N) is 2. The van der Waals surface area contributed by atoms with Gasteiger partial charge in [0.05, 0.1) is 50.2 Å². The smallest absolute Gasteiger partial charge is 0.241 e. The van der Waals surface area contributed by atoms with Gasteiger partial charge in [-0.3, -0.25) is 24.1 Å². The minimum absolute atomic E-state index is 0.0646. The van der Waals surface area contributed by atoms with Crippen molar-refractivity contribution in [3.05, 3.63) is 91.2 Å². The fraction of sp³-hybridized carbons (Fsp3) is 0.294. The lowest BCUT2D eigenvalue weighted by molar-refractivity contribution is -0.131. The third-order valence-electron chi connectivity index (χ3n) is 10.1. The van der Waals surface area contributed by atoms with Gasteiger partial charge in [-0.25, -0.2) is 9.29 Å². The lowest BCUT2D eigenvalue weighted by atomic mass is 9.51. The predicted octanol–water partition coefficient (Wildman–Crippen LogP) is 6.89. The first-order chi connectivity index (χ1) is 21.9. The van der Waals surface area contributed by atoms with Crippen LogP contribution in [0.15, 0.2) is 66.2 Å². The van der Waals surface area contributed by atoms with E-state index in [9.17, 15) is 28.7 Å². The number of ether oxygens (including phenoxy) is 1. The lowest BCUT2D eigenvalue weighted by Crippen LogP contribution is -2.48. The molecule has 0 spiro atoms. The molecule has 8 nitrogen and oxygen atoms in total.